The fourth-order valence-electron chi connectivity index (χ4n) is 1.61. The maximum atomic E-state index is 11.7. The predicted octanol–water partition coefficient (Wildman–Crippen LogP) is 2.00. The number of rotatable bonds is 5. The molecule has 0 spiro atoms. The molecule has 1 amide bonds. The summed E-state index contributed by atoms with van der Waals surface area (Å²) >= 11 is 0. The highest BCUT2D eigenvalue weighted by atomic mass is 16.5. The lowest BCUT2D eigenvalue weighted by molar-refractivity contribution is 0.0953. The number of hydrogen-bond donors (Lipinski definition) is 2. The molecule has 2 N–H and O–H groups in total. The quantitative estimate of drug-likeness (QED) is 0.805. The van der Waals surface area contributed by atoms with E-state index >= 15 is 0 Å². The number of amides is 1. The van der Waals surface area contributed by atoms with Crippen molar-refractivity contribution >= 4 is 5.91 Å². The summed E-state index contributed by atoms with van der Waals surface area (Å²) in [5.41, 5.74) is 2.05. The lowest BCUT2D eigenvalue weighted by Crippen LogP contribution is -2.23. The Labute approximate surface area is 111 Å². The fourth-order valence-corrected chi connectivity index (χ4v) is 1.61. The average Bonchev–Trinajstić information content (AvgIpc) is 2.94. The summed E-state index contributed by atoms with van der Waals surface area (Å²) in [6, 6.07) is 9.18. The molecule has 0 aliphatic rings. The standard InChI is InChI=1S/C14H15N3O2/c1-3-8-15-14(18)13-9-12(16-17-13)10-4-6-11(19-2)7-5-10/h3-7,9H,1,8H2,2H3,(H,15,18)(H,16,17). The molecule has 5 heteroatoms. The van der Waals surface area contributed by atoms with Crippen LogP contribution in [0.4, 0.5) is 0 Å². The Kier molecular flexibility index (Phi) is 3.97. The van der Waals surface area contributed by atoms with Crippen LogP contribution in [-0.2, 0) is 0 Å². The highest BCUT2D eigenvalue weighted by Gasteiger charge is 2.10. The average molecular weight is 257 g/mol. The lowest BCUT2D eigenvalue weighted by Gasteiger charge is -2.00. The zero-order valence-electron chi connectivity index (χ0n) is 10.6. The van der Waals surface area contributed by atoms with E-state index in [1.54, 1.807) is 19.3 Å². The van der Waals surface area contributed by atoms with Gasteiger partial charge in [-0.25, -0.2) is 0 Å². The number of nitrogens with zero attached hydrogens (tertiary/aromatic N) is 1. The predicted molar refractivity (Wildman–Crippen MR) is 73.1 cm³/mol. The summed E-state index contributed by atoms with van der Waals surface area (Å²) in [5, 5.41) is 9.52. The SMILES string of the molecule is C=CCNC(=O)c1cc(-c2ccc(OC)cc2)n[nH]1. The van der Waals surface area contributed by atoms with Crippen LogP contribution in [0.1, 0.15) is 10.5 Å². The van der Waals surface area contributed by atoms with Gasteiger partial charge < -0.3 is 10.1 Å². The second kappa shape index (κ2) is 5.86. The van der Waals surface area contributed by atoms with E-state index in [1.807, 2.05) is 24.3 Å². The molecule has 2 aromatic rings. The van der Waals surface area contributed by atoms with Gasteiger partial charge in [0, 0.05) is 12.1 Å². The van der Waals surface area contributed by atoms with E-state index in [4.69, 9.17) is 4.74 Å². The minimum Gasteiger partial charge on any atom is -0.497 e. The van der Waals surface area contributed by atoms with Gasteiger partial charge in [0.2, 0.25) is 0 Å². The van der Waals surface area contributed by atoms with Crippen molar-refractivity contribution in [1.82, 2.24) is 15.5 Å². The Morgan fingerprint density at radius 3 is 2.84 bits per heavy atom. The number of H-pyrrole nitrogens is 1. The van der Waals surface area contributed by atoms with Crippen molar-refractivity contribution in [3.63, 3.8) is 0 Å². The van der Waals surface area contributed by atoms with E-state index in [0.717, 1.165) is 11.3 Å². The number of ether oxygens (including phenoxy) is 1. The second-order valence-corrected chi connectivity index (χ2v) is 3.89. The number of methoxy groups -OCH3 is 1. The summed E-state index contributed by atoms with van der Waals surface area (Å²) in [5.74, 6) is 0.579. The highest BCUT2D eigenvalue weighted by Crippen LogP contribution is 2.20. The third-order valence-corrected chi connectivity index (χ3v) is 2.62. The maximum absolute atomic E-state index is 11.7. The van der Waals surface area contributed by atoms with Gasteiger partial charge >= 0.3 is 0 Å². The van der Waals surface area contributed by atoms with Gasteiger partial charge in [0.15, 0.2) is 0 Å². The Hall–Kier alpha value is -2.56. The summed E-state index contributed by atoms with van der Waals surface area (Å²) in [6.07, 6.45) is 1.62. The Morgan fingerprint density at radius 1 is 1.47 bits per heavy atom. The Bertz CT molecular complexity index is 573. The third kappa shape index (κ3) is 3.01. The highest BCUT2D eigenvalue weighted by molar-refractivity contribution is 5.93. The summed E-state index contributed by atoms with van der Waals surface area (Å²) < 4.78 is 5.09. The largest absolute Gasteiger partial charge is 0.497 e. The van der Waals surface area contributed by atoms with Crippen LogP contribution in [0.5, 0.6) is 5.75 Å². The van der Waals surface area contributed by atoms with Crippen LogP contribution >= 0.6 is 0 Å². The van der Waals surface area contributed by atoms with Gasteiger partial charge in [0.1, 0.15) is 11.4 Å². The van der Waals surface area contributed by atoms with E-state index in [0.29, 0.717) is 17.9 Å². The van der Waals surface area contributed by atoms with Crippen LogP contribution in [0.2, 0.25) is 0 Å². The van der Waals surface area contributed by atoms with Gasteiger partial charge in [-0.15, -0.1) is 6.58 Å². The first-order valence-corrected chi connectivity index (χ1v) is 5.83. The zero-order valence-corrected chi connectivity index (χ0v) is 10.6. The van der Waals surface area contributed by atoms with E-state index in [9.17, 15) is 4.79 Å². The van der Waals surface area contributed by atoms with E-state index < -0.39 is 0 Å². The summed E-state index contributed by atoms with van der Waals surface area (Å²) in [7, 11) is 1.62. The van der Waals surface area contributed by atoms with Crippen molar-refractivity contribution in [2.45, 2.75) is 0 Å². The molecule has 98 valence electrons. The summed E-state index contributed by atoms with van der Waals surface area (Å²) in [4.78, 5) is 11.7. The second-order valence-electron chi connectivity index (χ2n) is 3.89. The molecule has 1 aromatic carbocycles. The van der Waals surface area contributed by atoms with Crippen LogP contribution in [0, 0.1) is 0 Å². The third-order valence-electron chi connectivity index (χ3n) is 2.62. The summed E-state index contributed by atoms with van der Waals surface area (Å²) in [6.45, 7) is 3.97. The molecule has 0 bridgehead atoms. The first-order valence-electron chi connectivity index (χ1n) is 5.83. The van der Waals surface area contributed by atoms with Crippen molar-refractivity contribution < 1.29 is 9.53 Å². The van der Waals surface area contributed by atoms with Crippen LogP contribution in [0.25, 0.3) is 11.3 Å². The van der Waals surface area contributed by atoms with Gasteiger partial charge in [-0.05, 0) is 30.3 Å². The molecule has 5 nitrogen and oxygen atoms in total. The van der Waals surface area contributed by atoms with Crippen molar-refractivity contribution in [3.05, 3.63) is 48.7 Å². The first kappa shape index (κ1) is 12.9. The number of hydrogen-bond acceptors (Lipinski definition) is 3. The number of benzene rings is 1. The number of aromatic amines is 1. The van der Waals surface area contributed by atoms with Gasteiger partial charge in [0.05, 0.1) is 12.8 Å². The van der Waals surface area contributed by atoms with Gasteiger partial charge in [-0.1, -0.05) is 6.08 Å². The minimum absolute atomic E-state index is 0.202. The molecule has 2 rings (SSSR count). The molecule has 0 aliphatic heterocycles. The molecule has 1 heterocycles. The smallest absolute Gasteiger partial charge is 0.269 e. The molecule has 0 saturated heterocycles. The van der Waals surface area contributed by atoms with Crippen molar-refractivity contribution in [2.24, 2.45) is 0 Å². The normalized spacial score (nSPS) is 9.95. The molecule has 0 unspecified atom stereocenters. The molecule has 19 heavy (non-hydrogen) atoms. The molecule has 1 aromatic heterocycles. The lowest BCUT2D eigenvalue weighted by atomic mass is 10.1. The maximum Gasteiger partial charge on any atom is 0.269 e. The Balaban J connectivity index is 2.15. The number of carbonyl (C=O) groups is 1. The molecular formula is C14H15N3O2. The van der Waals surface area contributed by atoms with Crippen molar-refractivity contribution in [1.29, 1.82) is 0 Å². The molecule has 0 fully saturated rings. The zero-order chi connectivity index (χ0) is 13.7. The van der Waals surface area contributed by atoms with Crippen LogP contribution in [0.3, 0.4) is 0 Å². The molecule has 0 atom stereocenters. The van der Waals surface area contributed by atoms with Crippen LogP contribution < -0.4 is 10.1 Å². The van der Waals surface area contributed by atoms with Gasteiger partial charge in [-0.3, -0.25) is 9.89 Å². The molecule has 0 aliphatic carbocycles. The van der Waals surface area contributed by atoms with Crippen molar-refractivity contribution in [2.75, 3.05) is 13.7 Å². The molecular weight excluding hydrogens is 242 g/mol. The van der Waals surface area contributed by atoms with Crippen molar-refractivity contribution in [3.8, 4) is 17.0 Å². The number of nitrogens with one attached hydrogen (secondary N) is 2. The number of carbonyl (C=O) groups excluding carboxylic acids is 1. The Morgan fingerprint density at radius 2 is 2.21 bits per heavy atom. The van der Waals surface area contributed by atoms with Crippen LogP contribution in [0.15, 0.2) is 43.0 Å². The molecule has 0 radical (unpaired) electrons. The first-order chi connectivity index (χ1) is 9.24. The monoisotopic (exact) mass is 257 g/mol. The van der Waals surface area contributed by atoms with Gasteiger partial charge in [0.25, 0.3) is 5.91 Å². The van der Waals surface area contributed by atoms with E-state index in [2.05, 4.69) is 22.1 Å². The number of aromatic nitrogens is 2. The van der Waals surface area contributed by atoms with E-state index in [1.165, 1.54) is 0 Å². The topological polar surface area (TPSA) is 67.0 Å². The van der Waals surface area contributed by atoms with Crippen LogP contribution in [-0.4, -0.2) is 29.8 Å². The molecule has 0 saturated carbocycles. The minimum atomic E-state index is -0.202. The fraction of sp³-hybridized carbons (Fsp3) is 0.143. The van der Waals surface area contributed by atoms with E-state index in [-0.39, 0.29) is 5.91 Å². The van der Waals surface area contributed by atoms with Gasteiger partial charge in [-0.2, -0.15) is 5.10 Å².